The fourth-order valence-electron chi connectivity index (χ4n) is 4.78. The lowest BCUT2D eigenvalue weighted by atomic mass is 9.91. The molecule has 37 heavy (non-hydrogen) atoms. The molecule has 9 nitrogen and oxygen atoms in total. The van der Waals surface area contributed by atoms with Crippen molar-refractivity contribution in [2.45, 2.75) is 25.5 Å². The summed E-state index contributed by atoms with van der Waals surface area (Å²) in [6, 6.07) is 16.4. The number of amides is 1. The van der Waals surface area contributed by atoms with Crippen molar-refractivity contribution in [2.75, 3.05) is 45.2 Å². The van der Waals surface area contributed by atoms with E-state index in [2.05, 4.69) is 20.5 Å². The number of benzene rings is 2. The lowest BCUT2D eigenvalue weighted by Crippen LogP contribution is -2.54. The van der Waals surface area contributed by atoms with Gasteiger partial charge in [-0.2, -0.15) is 0 Å². The number of fused-ring (bicyclic) bond motifs is 1. The van der Waals surface area contributed by atoms with E-state index in [1.54, 1.807) is 20.2 Å². The Bertz CT molecular complexity index is 1210. The van der Waals surface area contributed by atoms with Crippen LogP contribution in [0.25, 0.3) is 10.9 Å². The zero-order valence-electron chi connectivity index (χ0n) is 21.2. The number of para-hydroxylation sites is 1. The van der Waals surface area contributed by atoms with Crippen LogP contribution in [0.4, 0.5) is 5.69 Å². The molecule has 9 heteroatoms. The smallest absolute Gasteiger partial charge is 0.311 e. The molecule has 2 aromatic carbocycles. The molecule has 1 saturated heterocycles. The highest BCUT2D eigenvalue weighted by molar-refractivity contribution is 5.92. The van der Waals surface area contributed by atoms with Crippen LogP contribution >= 0.6 is 0 Å². The molecule has 4 rings (SSSR count). The monoisotopic (exact) mass is 506 g/mol. The van der Waals surface area contributed by atoms with Gasteiger partial charge in [0, 0.05) is 36.4 Å². The predicted molar refractivity (Wildman–Crippen MR) is 141 cm³/mol. The third-order valence-electron chi connectivity index (χ3n) is 6.64. The molecule has 3 N–H and O–H groups in total. The average Bonchev–Trinajstić information content (AvgIpc) is 2.92. The zero-order chi connectivity index (χ0) is 26.2. The van der Waals surface area contributed by atoms with E-state index in [0.29, 0.717) is 31.8 Å². The molecular weight excluding hydrogens is 472 g/mol. The van der Waals surface area contributed by atoms with Gasteiger partial charge in [0.2, 0.25) is 5.91 Å². The van der Waals surface area contributed by atoms with E-state index >= 15 is 0 Å². The Morgan fingerprint density at radius 1 is 1.19 bits per heavy atom. The fraction of sp³-hybridized carbons (Fsp3) is 0.393. The van der Waals surface area contributed by atoms with Crippen LogP contribution in [0, 0.1) is 5.92 Å². The van der Waals surface area contributed by atoms with E-state index in [9.17, 15) is 14.7 Å². The fourth-order valence-corrected chi connectivity index (χ4v) is 4.78. The number of rotatable bonds is 10. The summed E-state index contributed by atoms with van der Waals surface area (Å²) >= 11 is 0. The highest BCUT2D eigenvalue weighted by Gasteiger charge is 2.36. The van der Waals surface area contributed by atoms with Gasteiger partial charge in [-0.05, 0) is 61.9 Å². The molecule has 0 aliphatic carbocycles. The number of β-amino-alcohol motifs (C(OH)–C–C–N with tert-alkyl or cyclic N) is 1. The van der Waals surface area contributed by atoms with Gasteiger partial charge in [0.15, 0.2) is 0 Å². The first kappa shape index (κ1) is 26.5. The van der Waals surface area contributed by atoms with Crippen molar-refractivity contribution in [1.82, 2.24) is 15.2 Å². The number of nitrogens with one attached hydrogen (secondary N) is 2. The van der Waals surface area contributed by atoms with Crippen molar-refractivity contribution in [3.63, 3.8) is 0 Å². The first-order valence-corrected chi connectivity index (χ1v) is 12.6. The van der Waals surface area contributed by atoms with Gasteiger partial charge in [-0.25, -0.2) is 0 Å². The SMILES string of the molecule is CCOC(=O)[C@H]1CN(C[C@H](O)c2ccnc3ccc(OC)cc23)CC[C@H]1NCC(=O)Nc1ccccc1. The first-order valence-electron chi connectivity index (χ1n) is 12.6. The molecule has 196 valence electrons. The number of pyridine rings is 1. The van der Waals surface area contributed by atoms with E-state index in [1.165, 1.54) is 0 Å². The van der Waals surface area contributed by atoms with Crippen LogP contribution in [0.3, 0.4) is 0 Å². The summed E-state index contributed by atoms with van der Waals surface area (Å²) < 4.78 is 10.7. The summed E-state index contributed by atoms with van der Waals surface area (Å²) in [5, 5.41) is 18.1. The molecular formula is C28H34N4O5. The van der Waals surface area contributed by atoms with Gasteiger partial charge in [0.05, 0.1) is 37.8 Å². The molecule has 0 unspecified atom stereocenters. The maximum atomic E-state index is 12.8. The number of ether oxygens (including phenoxy) is 2. The summed E-state index contributed by atoms with van der Waals surface area (Å²) in [6.45, 7) is 3.58. The normalized spacial score (nSPS) is 18.8. The maximum Gasteiger partial charge on any atom is 0.311 e. The number of aromatic nitrogens is 1. The minimum absolute atomic E-state index is 0.0862. The van der Waals surface area contributed by atoms with Crippen LogP contribution in [0.2, 0.25) is 0 Å². The van der Waals surface area contributed by atoms with Crippen molar-refractivity contribution in [3.8, 4) is 5.75 Å². The average molecular weight is 507 g/mol. The molecule has 0 bridgehead atoms. The van der Waals surface area contributed by atoms with Crippen molar-refractivity contribution in [2.24, 2.45) is 5.92 Å². The lowest BCUT2D eigenvalue weighted by Gasteiger charge is -2.38. The third kappa shape index (κ3) is 6.82. The van der Waals surface area contributed by atoms with Crippen molar-refractivity contribution in [1.29, 1.82) is 0 Å². The van der Waals surface area contributed by atoms with Gasteiger partial charge >= 0.3 is 5.97 Å². The topological polar surface area (TPSA) is 113 Å². The van der Waals surface area contributed by atoms with Gasteiger partial charge in [-0.3, -0.25) is 19.5 Å². The Morgan fingerprint density at radius 3 is 2.76 bits per heavy atom. The number of hydrogen-bond donors (Lipinski definition) is 3. The van der Waals surface area contributed by atoms with Crippen LogP contribution in [-0.4, -0.2) is 72.8 Å². The second-order valence-electron chi connectivity index (χ2n) is 9.11. The zero-order valence-corrected chi connectivity index (χ0v) is 21.2. The van der Waals surface area contributed by atoms with Gasteiger partial charge in [-0.1, -0.05) is 18.2 Å². The third-order valence-corrected chi connectivity index (χ3v) is 6.64. The van der Waals surface area contributed by atoms with Crippen molar-refractivity contribution < 1.29 is 24.2 Å². The number of nitrogens with zero attached hydrogens (tertiary/aromatic N) is 2. The number of anilines is 1. The van der Waals surface area contributed by atoms with Crippen LogP contribution in [-0.2, 0) is 14.3 Å². The number of esters is 1. The molecule has 1 fully saturated rings. The summed E-state index contributed by atoms with van der Waals surface area (Å²) in [6.07, 6.45) is 1.55. The highest BCUT2D eigenvalue weighted by Crippen LogP contribution is 2.28. The van der Waals surface area contributed by atoms with Crippen molar-refractivity contribution >= 4 is 28.5 Å². The molecule has 1 aliphatic rings. The quantitative estimate of drug-likeness (QED) is 0.360. The largest absolute Gasteiger partial charge is 0.497 e. The van der Waals surface area contributed by atoms with Crippen molar-refractivity contribution in [3.05, 3.63) is 66.4 Å². The minimum atomic E-state index is -0.776. The minimum Gasteiger partial charge on any atom is -0.497 e. The van der Waals surface area contributed by atoms with Crippen LogP contribution in [0.1, 0.15) is 25.0 Å². The Hall–Kier alpha value is -3.53. The predicted octanol–water partition coefficient (Wildman–Crippen LogP) is 2.76. The van der Waals surface area contributed by atoms with E-state index in [4.69, 9.17) is 9.47 Å². The molecule has 1 aromatic heterocycles. The molecule has 0 saturated carbocycles. The number of hydrogen-bond acceptors (Lipinski definition) is 8. The Labute approximate surface area is 216 Å². The Kier molecular flexibility index (Phi) is 9.05. The molecule has 0 spiro atoms. The van der Waals surface area contributed by atoms with Gasteiger partial charge in [0.25, 0.3) is 0 Å². The second-order valence-corrected chi connectivity index (χ2v) is 9.11. The van der Waals surface area contributed by atoms with Gasteiger partial charge in [0.1, 0.15) is 5.75 Å². The summed E-state index contributed by atoms with van der Waals surface area (Å²) in [5.41, 5.74) is 2.26. The number of piperidine rings is 1. The van der Waals surface area contributed by atoms with Gasteiger partial charge < -0.3 is 25.2 Å². The van der Waals surface area contributed by atoms with E-state index in [-0.39, 0.29) is 31.1 Å². The lowest BCUT2D eigenvalue weighted by molar-refractivity contribution is -0.151. The Balaban J connectivity index is 1.40. The molecule has 0 radical (unpaired) electrons. The first-order chi connectivity index (χ1) is 18.0. The summed E-state index contributed by atoms with van der Waals surface area (Å²) in [7, 11) is 1.60. The number of likely N-dealkylation sites (tertiary alicyclic amines) is 1. The van der Waals surface area contributed by atoms with Crippen LogP contribution < -0.4 is 15.4 Å². The molecule has 1 aliphatic heterocycles. The Morgan fingerprint density at radius 2 is 2.00 bits per heavy atom. The van der Waals surface area contributed by atoms with Crippen LogP contribution in [0.5, 0.6) is 5.75 Å². The molecule has 1 amide bonds. The highest BCUT2D eigenvalue weighted by atomic mass is 16.5. The number of aliphatic hydroxyl groups is 1. The second kappa shape index (κ2) is 12.6. The number of carbonyl (C=O) groups is 2. The summed E-state index contributed by atoms with van der Waals surface area (Å²) in [5.74, 6) is -0.243. The van der Waals surface area contributed by atoms with Crippen LogP contribution in [0.15, 0.2) is 60.8 Å². The number of aliphatic hydroxyl groups excluding tert-OH is 1. The molecule has 3 atom stereocenters. The standard InChI is InChI=1S/C28H34N4O5/c1-3-37-28(35)23-17-32(14-12-25(23)30-16-27(34)31-19-7-5-4-6-8-19)18-26(33)21-11-13-29-24-10-9-20(36-2)15-22(21)24/h4-11,13,15,23,25-26,30,33H,3,12,14,16-18H2,1-2H3,(H,31,34)/t23-,25+,26-/m0/s1. The molecule has 3 aromatic rings. The maximum absolute atomic E-state index is 12.8. The summed E-state index contributed by atoms with van der Waals surface area (Å²) in [4.78, 5) is 31.7. The number of carbonyl (C=O) groups excluding carboxylic acids is 2. The number of methoxy groups -OCH3 is 1. The van der Waals surface area contributed by atoms with Gasteiger partial charge in [-0.15, -0.1) is 0 Å². The van der Waals surface area contributed by atoms with E-state index in [1.807, 2.05) is 54.6 Å². The van der Waals surface area contributed by atoms with E-state index in [0.717, 1.165) is 22.2 Å². The molecule has 2 heterocycles. The van der Waals surface area contributed by atoms with E-state index < -0.39 is 12.0 Å².